The van der Waals surface area contributed by atoms with Gasteiger partial charge in [0.05, 0.1) is 17.0 Å². The van der Waals surface area contributed by atoms with Gasteiger partial charge in [0.15, 0.2) is 10.0 Å². The van der Waals surface area contributed by atoms with Crippen molar-refractivity contribution in [2.45, 2.75) is 15.2 Å². The molecule has 0 unspecified atom stereocenters. The Hall–Kier alpha value is -2.34. The van der Waals surface area contributed by atoms with Crippen LogP contribution in [-0.2, 0) is 15.6 Å². The largest absolute Gasteiger partial charge is 0.295 e. The maximum Gasteiger partial charge on any atom is 0.277 e. The highest BCUT2D eigenvalue weighted by Gasteiger charge is 2.23. The number of thioether (sulfide) groups is 1. The molecule has 2 heterocycles. The first-order valence-electron chi connectivity index (χ1n) is 8.07. The molecule has 12 heteroatoms. The highest BCUT2D eigenvalue weighted by Crippen LogP contribution is 2.26. The average Bonchev–Trinajstić information content (AvgIpc) is 3.14. The number of benzene rings is 1. The van der Waals surface area contributed by atoms with E-state index in [1.165, 1.54) is 23.1 Å². The quantitative estimate of drug-likeness (QED) is 0.232. The minimum Gasteiger partial charge on any atom is -0.295 e. The molecule has 0 saturated heterocycles. The number of hydrogen-bond donors (Lipinski definition) is 1. The van der Waals surface area contributed by atoms with Gasteiger partial charge in [-0.1, -0.05) is 71.1 Å². The smallest absolute Gasteiger partial charge is 0.277 e. The Morgan fingerprint density at radius 3 is 2.76 bits per heavy atom. The maximum absolute atomic E-state index is 12.6. The number of carbonyl (C=O) groups excluding carboxylic acids is 1. The molecule has 0 bridgehead atoms. The molecule has 1 N–H and O–H groups in total. The van der Waals surface area contributed by atoms with Gasteiger partial charge in [-0.25, -0.2) is 18.4 Å². The van der Waals surface area contributed by atoms with Crippen molar-refractivity contribution in [3.8, 4) is 0 Å². The highest BCUT2D eigenvalue weighted by molar-refractivity contribution is 8.01. The van der Waals surface area contributed by atoms with Gasteiger partial charge in [0.2, 0.25) is 20.1 Å². The van der Waals surface area contributed by atoms with E-state index in [1.807, 2.05) is 0 Å². The molecule has 29 heavy (non-hydrogen) atoms. The van der Waals surface area contributed by atoms with Crippen molar-refractivity contribution in [2.75, 3.05) is 11.1 Å². The third-order valence-corrected chi connectivity index (χ3v) is 7.08. The van der Waals surface area contributed by atoms with E-state index in [-0.39, 0.29) is 21.6 Å². The molecular weight excluding hydrogens is 454 g/mol. The predicted molar refractivity (Wildman–Crippen MR) is 113 cm³/mol. The van der Waals surface area contributed by atoms with Crippen LogP contribution in [0, 0.1) is 0 Å². The number of anilines is 1. The minimum absolute atomic E-state index is 0.0769. The molecule has 1 aromatic carbocycles. The van der Waals surface area contributed by atoms with Gasteiger partial charge < -0.3 is 0 Å². The summed E-state index contributed by atoms with van der Waals surface area (Å²) in [5, 5.41) is 10.0. The minimum atomic E-state index is -3.86. The van der Waals surface area contributed by atoms with Gasteiger partial charge in [-0.05, 0) is 5.56 Å². The zero-order valence-electron chi connectivity index (χ0n) is 14.8. The zero-order chi connectivity index (χ0) is 20.9. The summed E-state index contributed by atoms with van der Waals surface area (Å²) in [6, 6.07) is 8.61. The number of carbonyl (C=O) groups is 1. The van der Waals surface area contributed by atoms with Crippen molar-refractivity contribution in [3.63, 3.8) is 0 Å². The number of hydrogen-bond acceptors (Lipinski definition) is 9. The SMILES string of the molecule is C=CCSc1nnc(NC(=O)c2nc(S(=O)(=O)Cc3ccccc3)ncc2Cl)s1. The number of rotatable bonds is 8. The summed E-state index contributed by atoms with van der Waals surface area (Å²) in [6.07, 6.45) is 2.81. The van der Waals surface area contributed by atoms with Crippen molar-refractivity contribution in [1.82, 2.24) is 20.2 Å². The fraction of sp³-hybridized carbons (Fsp3) is 0.118. The number of nitrogens with one attached hydrogen (secondary N) is 1. The van der Waals surface area contributed by atoms with Crippen LogP contribution in [-0.4, -0.2) is 40.2 Å². The topological polar surface area (TPSA) is 115 Å². The highest BCUT2D eigenvalue weighted by atomic mass is 35.5. The Labute approximate surface area is 180 Å². The summed E-state index contributed by atoms with van der Waals surface area (Å²) < 4.78 is 25.9. The monoisotopic (exact) mass is 467 g/mol. The number of nitrogens with zero attached hydrogens (tertiary/aromatic N) is 4. The van der Waals surface area contributed by atoms with Crippen LogP contribution in [0.5, 0.6) is 0 Å². The van der Waals surface area contributed by atoms with Crippen LogP contribution in [0.3, 0.4) is 0 Å². The van der Waals surface area contributed by atoms with Gasteiger partial charge in [0.1, 0.15) is 0 Å². The molecule has 0 saturated carbocycles. The van der Waals surface area contributed by atoms with Gasteiger partial charge in [-0.3, -0.25) is 10.1 Å². The number of amides is 1. The van der Waals surface area contributed by atoms with Crippen molar-refractivity contribution in [2.24, 2.45) is 0 Å². The molecule has 0 spiro atoms. The van der Waals surface area contributed by atoms with E-state index in [1.54, 1.807) is 36.4 Å². The molecule has 0 aliphatic rings. The lowest BCUT2D eigenvalue weighted by Gasteiger charge is -2.07. The third-order valence-electron chi connectivity index (χ3n) is 3.37. The Bertz CT molecular complexity index is 1140. The van der Waals surface area contributed by atoms with Gasteiger partial charge in [-0.2, -0.15) is 0 Å². The molecule has 0 aliphatic heterocycles. The van der Waals surface area contributed by atoms with Crippen molar-refractivity contribution < 1.29 is 13.2 Å². The lowest BCUT2D eigenvalue weighted by atomic mass is 10.2. The molecule has 3 aromatic rings. The maximum atomic E-state index is 12.6. The van der Waals surface area contributed by atoms with Gasteiger partial charge >= 0.3 is 0 Å². The third kappa shape index (κ3) is 5.60. The van der Waals surface area contributed by atoms with Crippen LogP contribution in [0.4, 0.5) is 5.13 Å². The second kappa shape index (κ2) is 9.44. The first kappa shape index (κ1) is 21.4. The second-order valence-electron chi connectivity index (χ2n) is 5.52. The van der Waals surface area contributed by atoms with Crippen LogP contribution >= 0.6 is 34.7 Å². The molecular formula is C17H14ClN5O3S3. The lowest BCUT2D eigenvalue weighted by molar-refractivity contribution is 0.102. The number of sulfone groups is 1. The van der Waals surface area contributed by atoms with Crippen LogP contribution in [0.15, 0.2) is 58.7 Å². The van der Waals surface area contributed by atoms with E-state index in [0.717, 1.165) is 6.20 Å². The molecule has 3 rings (SSSR count). The second-order valence-corrected chi connectivity index (χ2v) is 10.1. The lowest BCUT2D eigenvalue weighted by Crippen LogP contribution is -2.18. The molecule has 2 aromatic heterocycles. The summed E-state index contributed by atoms with van der Waals surface area (Å²) in [7, 11) is -3.86. The number of halogens is 1. The van der Waals surface area contributed by atoms with Gasteiger partial charge in [-0.15, -0.1) is 16.8 Å². The molecule has 8 nitrogen and oxygen atoms in total. The summed E-state index contributed by atoms with van der Waals surface area (Å²) in [4.78, 5) is 20.2. The Balaban J connectivity index is 1.80. The van der Waals surface area contributed by atoms with Crippen LogP contribution in [0.2, 0.25) is 5.02 Å². The fourth-order valence-electron chi connectivity index (χ4n) is 2.12. The first-order chi connectivity index (χ1) is 13.9. The summed E-state index contributed by atoms with van der Waals surface area (Å²) >= 11 is 8.60. The molecule has 1 amide bonds. The Kier molecular flexibility index (Phi) is 6.96. The number of aromatic nitrogens is 4. The molecule has 150 valence electrons. The zero-order valence-corrected chi connectivity index (χ0v) is 18.0. The Morgan fingerprint density at radius 2 is 2.03 bits per heavy atom. The van der Waals surface area contributed by atoms with Gasteiger partial charge in [0.25, 0.3) is 5.91 Å². The molecule has 0 atom stereocenters. The normalized spacial score (nSPS) is 11.2. The van der Waals surface area contributed by atoms with E-state index in [0.29, 0.717) is 15.7 Å². The standard InChI is InChI=1S/C17H14ClN5O3S3/c1-2-8-27-17-23-22-15(28-17)21-14(24)13-12(18)9-19-16(20-13)29(25,26)10-11-6-4-3-5-7-11/h2-7,9H,1,8,10H2,(H,21,22,24). The van der Waals surface area contributed by atoms with E-state index in [2.05, 4.69) is 32.1 Å². The summed E-state index contributed by atoms with van der Waals surface area (Å²) in [5.41, 5.74) is 0.319. The van der Waals surface area contributed by atoms with Crippen LogP contribution in [0.25, 0.3) is 0 Å². The predicted octanol–water partition coefficient (Wildman–Crippen LogP) is 3.49. The van der Waals surface area contributed by atoms with Crippen molar-refractivity contribution >= 4 is 55.6 Å². The average molecular weight is 468 g/mol. The fourth-order valence-corrected chi connectivity index (χ4v) is 5.01. The molecule has 0 fully saturated rings. The van der Waals surface area contributed by atoms with Crippen molar-refractivity contribution in [3.05, 3.63) is 65.5 Å². The molecule has 0 radical (unpaired) electrons. The van der Waals surface area contributed by atoms with E-state index >= 15 is 0 Å². The van der Waals surface area contributed by atoms with Gasteiger partial charge in [0, 0.05) is 5.75 Å². The summed E-state index contributed by atoms with van der Waals surface area (Å²) in [5.74, 6) is -0.343. The van der Waals surface area contributed by atoms with Crippen LogP contribution < -0.4 is 5.32 Å². The van der Waals surface area contributed by atoms with E-state index in [4.69, 9.17) is 11.6 Å². The van der Waals surface area contributed by atoms with E-state index in [9.17, 15) is 13.2 Å². The summed E-state index contributed by atoms with van der Waals surface area (Å²) in [6.45, 7) is 3.62. The first-order valence-corrected chi connectivity index (χ1v) is 11.9. The van der Waals surface area contributed by atoms with Crippen molar-refractivity contribution in [1.29, 1.82) is 0 Å². The van der Waals surface area contributed by atoms with E-state index < -0.39 is 20.9 Å². The Morgan fingerprint density at radius 1 is 1.28 bits per heavy atom. The van der Waals surface area contributed by atoms with Crippen LogP contribution in [0.1, 0.15) is 16.1 Å². The molecule has 0 aliphatic carbocycles.